The third-order valence-corrected chi connectivity index (χ3v) is 4.08. The summed E-state index contributed by atoms with van der Waals surface area (Å²) in [7, 11) is 0. The number of nitrogens with zero attached hydrogens (tertiary/aromatic N) is 5. The lowest BCUT2D eigenvalue weighted by atomic mass is 10.2. The number of alkyl halides is 1. The molecule has 0 unspecified atom stereocenters. The van der Waals surface area contributed by atoms with Crippen LogP contribution in [-0.4, -0.2) is 30.8 Å². The quantitative estimate of drug-likeness (QED) is 0.549. The number of aromatic nitrogens is 5. The molecule has 0 spiro atoms. The van der Waals surface area contributed by atoms with Gasteiger partial charge in [0.1, 0.15) is 12.5 Å². The predicted octanol–water partition coefficient (Wildman–Crippen LogP) is 3.59. The van der Waals surface area contributed by atoms with Gasteiger partial charge in [0.25, 0.3) is 0 Å². The van der Waals surface area contributed by atoms with Gasteiger partial charge in [-0.25, -0.2) is 23.1 Å². The highest BCUT2D eigenvalue weighted by atomic mass is 19.2. The van der Waals surface area contributed by atoms with Crippen molar-refractivity contribution < 1.29 is 13.2 Å². The van der Waals surface area contributed by atoms with E-state index >= 15 is 0 Å². The third kappa shape index (κ3) is 2.94. The van der Waals surface area contributed by atoms with E-state index in [0.717, 1.165) is 17.7 Å². The van der Waals surface area contributed by atoms with Crippen molar-refractivity contribution in [3.8, 4) is 11.4 Å². The molecular formula is C18H14F3N5. The van der Waals surface area contributed by atoms with Gasteiger partial charge in [0.05, 0.1) is 30.5 Å². The Morgan fingerprint density at radius 2 is 1.85 bits per heavy atom. The molecule has 0 fully saturated rings. The molecule has 5 nitrogen and oxygen atoms in total. The number of pyridine rings is 1. The van der Waals surface area contributed by atoms with E-state index in [4.69, 9.17) is 0 Å². The molecule has 0 bridgehead atoms. The molecule has 0 amide bonds. The molecule has 0 N–H and O–H groups in total. The van der Waals surface area contributed by atoms with Crippen molar-refractivity contribution in [2.75, 3.05) is 6.67 Å². The number of hydrogen-bond donors (Lipinski definition) is 0. The highest BCUT2D eigenvalue weighted by Gasteiger charge is 2.16. The molecule has 0 radical (unpaired) electrons. The molecule has 4 rings (SSSR count). The summed E-state index contributed by atoms with van der Waals surface area (Å²) in [4.78, 5) is 12.6. The average Bonchev–Trinajstić information content (AvgIpc) is 3.25. The molecular weight excluding hydrogens is 342 g/mol. The molecule has 0 saturated heterocycles. The van der Waals surface area contributed by atoms with Crippen LogP contribution in [0.4, 0.5) is 13.2 Å². The maximum atomic E-state index is 13.6. The van der Waals surface area contributed by atoms with Crippen molar-refractivity contribution in [3.05, 3.63) is 66.5 Å². The van der Waals surface area contributed by atoms with Crippen LogP contribution >= 0.6 is 0 Å². The molecule has 0 aliphatic rings. The van der Waals surface area contributed by atoms with E-state index in [-0.39, 0.29) is 12.1 Å². The molecule has 8 heteroatoms. The van der Waals surface area contributed by atoms with Crippen LogP contribution in [0.25, 0.3) is 22.4 Å². The standard InChI is InChI=1S/C18H14F3N5/c19-1-3-26-17-7-15(21)14(20)6-16(17)24-18(26)13-5-12(8-23-9-13)10-25-4-2-22-11-25/h2,4-9,11H,1,3,10H2/i19-1. The van der Waals surface area contributed by atoms with Crippen LogP contribution < -0.4 is 0 Å². The highest BCUT2D eigenvalue weighted by molar-refractivity contribution is 5.80. The Morgan fingerprint density at radius 1 is 1.00 bits per heavy atom. The second-order valence-electron chi connectivity index (χ2n) is 5.85. The maximum Gasteiger partial charge on any atom is 0.161 e. The lowest BCUT2D eigenvalue weighted by molar-refractivity contribution is 0.451. The summed E-state index contributed by atoms with van der Waals surface area (Å²) in [5.41, 5.74) is 2.16. The van der Waals surface area contributed by atoms with Gasteiger partial charge in [-0.15, -0.1) is 0 Å². The van der Waals surface area contributed by atoms with Crippen LogP contribution in [0.3, 0.4) is 0 Å². The van der Waals surface area contributed by atoms with Gasteiger partial charge >= 0.3 is 0 Å². The maximum absolute atomic E-state index is 13.6. The Kier molecular flexibility index (Phi) is 4.16. The van der Waals surface area contributed by atoms with Gasteiger partial charge < -0.3 is 9.13 Å². The first-order chi connectivity index (χ1) is 12.7. The van der Waals surface area contributed by atoms with Gasteiger partial charge in [0.15, 0.2) is 11.6 Å². The molecule has 4 aromatic rings. The first-order valence-electron chi connectivity index (χ1n) is 7.97. The fourth-order valence-corrected chi connectivity index (χ4v) is 2.94. The summed E-state index contributed by atoms with van der Waals surface area (Å²) in [6, 6.07) is 3.93. The van der Waals surface area contributed by atoms with Gasteiger partial charge in [0.2, 0.25) is 0 Å². The number of aryl methyl sites for hydroxylation is 1. The summed E-state index contributed by atoms with van der Waals surface area (Å²) in [6.07, 6.45) is 8.51. The molecule has 132 valence electrons. The lowest BCUT2D eigenvalue weighted by Crippen LogP contribution is -2.04. The summed E-state index contributed by atoms with van der Waals surface area (Å²) in [6.45, 7) is -0.101. The second kappa shape index (κ2) is 6.62. The highest BCUT2D eigenvalue weighted by Crippen LogP contribution is 2.27. The van der Waals surface area contributed by atoms with Crippen LogP contribution in [0.1, 0.15) is 5.56 Å². The number of benzene rings is 1. The Bertz CT molecular complexity index is 1060. The fourth-order valence-electron chi connectivity index (χ4n) is 2.94. The first-order valence-corrected chi connectivity index (χ1v) is 7.97. The Hall–Kier alpha value is -3.16. The van der Waals surface area contributed by atoms with Crippen LogP contribution in [0.15, 0.2) is 49.3 Å². The van der Waals surface area contributed by atoms with E-state index in [0.29, 0.717) is 23.4 Å². The summed E-state index contributed by atoms with van der Waals surface area (Å²) < 4.78 is 43.6. The predicted molar refractivity (Wildman–Crippen MR) is 90.2 cm³/mol. The minimum Gasteiger partial charge on any atom is -0.333 e. The van der Waals surface area contributed by atoms with Crippen LogP contribution in [0.2, 0.25) is 0 Å². The zero-order valence-electron chi connectivity index (χ0n) is 13.6. The van der Waals surface area contributed by atoms with E-state index in [1.165, 1.54) is 4.57 Å². The monoisotopic (exact) mass is 356 g/mol. The van der Waals surface area contributed by atoms with Gasteiger partial charge in [-0.2, -0.15) is 0 Å². The van der Waals surface area contributed by atoms with Crippen molar-refractivity contribution in [1.29, 1.82) is 0 Å². The van der Waals surface area contributed by atoms with Gasteiger partial charge in [-0.05, 0) is 11.6 Å². The first kappa shape index (κ1) is 16.3. The second-order valence-corrected chi connectivity index (χ2v) is 5.85. The molecule has 0 aliphatic heterocycles. The van der Waals surface area contributed by atoms with Crippen molar-refractivity contribution in [2.45, 2.75) is 13.1 Å². The number of imidazole rings is 2. The van der Waals surface area contributed by atoms with E-state index in [9.17, 15) is 13.2 Å². The minimum absolute atomic E-state index is 0.0113. The normalized spacial score (nSPS) is 11.3. The molecule has 0 saturated carbocycles. The molecule has 26 heavy (non-hydrogen) atoms. The van der Waals surface area contributed by atoms with E-state index < -0.39 is 18.3 Å². The zero-order valence-corrected chi connectivity index (χ0v) is 13.6. The molecule has 3 aromatic heterocycles. The summed E-state index contributed by atoms with van der Waals surface area (Å²) in [5, 5.41) is 0. The zero-order chi connectivity index (χ0) is 18.1. The van der Waals surface area contributed by atoms with Crippen molar-refractivity contribution in [2.24, 2.45) is 0 Å². The SMILES string of the molecule is Fc1cc2nc(-c3cncc(Cn4ccnc4)c3)n(CC[18F])c2cc1F. The Morgan fingerprint density at radius 3 is 2.62 bits per heavy atom. The molecule has 3 heterocycles. The fraction of sp³-hybridized carbons (Fsp3) is 0.167. The minimum atomic E-state index is -0.990. The average molecular weight is 356 g/mol. The van der Waals surface area contributed by atoms with Gasteiger partial charge in [0, 0.05) is 42.5 Å². The number of halogens is 3. The molecule has 0 aliphatic carbocycles. The lowest BCUT2D eigenvalue weighted by Gasteiger charge is -2.08. The summed E-state index contributed by atoms with van der Waals surface area (Å²) >= 11 is 0. The topological polar surface area (TPSA) is 48.5 Å². The number of hydrogen-bond acceptors (Lipinski definition) is 3. The number of fused-ring (bicyclic) bond motifs is 1. The van der Waals surface area contributed by atoms with Crippen LogP contribution in [0, 0.1) is 11.6 Å². The van der Waals surface area contributed by atoms with Gasteiger partial charge in [-0.3, -0.25) is 4.98 Å². The smallest absolute Gasteiger partial charge is 0.161 e. The number of rotatable bonds is 5. The van der Waals surface area contributed by atoms with Crippen LogP contribution in [0.5, 0.6) is 0 Å². The van der Waals surface area contributed by atoms with Gasteiger partial charge in [-0.1, -0.05) is 0 Å². The molecule has 0 atom stereocenters. The van der Waals surface area contributed by atoms with E-state index in [1.807, 2.05) is 16.8 Å². The Balaban J connectivity index is 1.81. The van der Waals surface area contributed by atoms with Crippen molar-refractivity contribution in [1.82, 2.24) is 24.1 Å². The molecule has 1 aromatic carbocycles. The van der Waals surface area contributed by atoms with E-state index in [2.05, 4.69) is 15.0 Å². The third-order valence-electron chi connectivity index (χ3n) is 4.08. The van der Waals surface area contributed by atoms with E-state index in [1.54, 1.807) is 24.9 Å². The largest absolute Gasteiger partial charge is 0.333 e. The van der Waals surface area contributed by atoms with Crippen LogP contribution in [-0.2, 0) is 13.1 Å². The Labute approximate surface area is 146 Å². The summed E-state index contributed by atoms with van der Waals surface area (Å²) in [5.74, 6) is -1.56. The van der Waals surface area contributed by atoms with Crippen molar-refractivity contribution >= 4 is 11.0 Å². The van der Waals surface area contributed by atoms with Crippen molar-refractivity contribution in [3.63, 3.8) is 0 Å².